The van der Waals surface area contributed by atoms with Crippen molar-refractivity contribution in [2.75, 3.05) is 19.8 Å². The molecule has 1 saturated heterocycles. The molecule has 0 aliphatic carbocycles. The van der Waals surface area contributed by atoms with Crippen LogP contribution in [-0.2, 0) is 14.3 Å². The molecule has 1 unspecified atom stereocenters. The molecule has 0 spiro atoms. The Hall–Kier alpha value is -1.14. The van der Waals surface area contributed by atoms with Crippen LogP contribution in [0.5, 0.6) is 0 Å². The minimum atomic E-state index is -1.01. The van der Waals surface area contributed by atoms with E-state index in [0.717, 1.165) is 6.54 Å². The molecule has 1 heterocycles. The van der Waals surface area contributed by atoms with Crippen molar-refractivity contribution in [2.24, 2.45) is 5.41 Å². The minimum Gasteiger partial charge on any atom is -0.480 e. The number of amides is 1. The van der Waals surface area contributed by atoms with E-state index in [4.69, 9.17) is 9.84 Å². The van der Waals surface area contributed by atoms with Gasteiger partial charge in [-0.1, -0.05) is 20.8 Å². The Kier molecular flexibility index (Phi) is 5.10. The van der Waals surface area contributed by atoms with E-state index < -0.39 is 17.4 Å². The van der Waals surface area contributed by atoms with E-state index in [0.29, 0.717) is 13.2 Å². The van der Waals surface area contributed by atoms with E-state index in [1.807, 2.05) is 0 Å². The predicted molar refractivity (Wildman–Crippen MR) is 66.2 cm³/mol. The summed E-state index contributed by atoms with van der Waals surface area (Å²) < 4.78 is 5.24. The summed E-state index contributed by atoms with van der Waals surface area (Å²) in [6, 6.07) is -0.914. The molecule has 1 rings (SSSR count). The van der Waals surface area contributed by atoms with Crippen LogP contribution in [0.1, 0.15) is 27.2 Å². The molecule has 104 valence electrons. The van der Waals surface area contributed by atoms with Crippen LogP contribution in [0.2, 0.25) is 0 Å². The first-order valence-corrected chi connectivity index (χ1v) is 6.14. The molecule has 6 heteroatoms. The lowest BCUT2D eigenvalue weighted by Gasteiger charge is -2.29. The number of carboxylic acid groups (broad SMARTS) is 1. The number of nitrogens with one attached hydrogen (secondary N) is 2. The average molecular weight is 258 g/mol. The Morgan fingerprint density at radius 2 is 2.17 bits per heavy atom. The van der Waals surface area contributed by atoms with Crippen molar-refractivity contribution in [1.29, 1.82) is 0 Å². The van der Waals surface area contributed by atoms with Crippen LogP contribution in [0, 0.1) is 5.41 Å². The number of hydrogen-bond acceptors (Lipinski definition) is 4. The number of carboxylic acids is 1. The van der Waals surface area contributed by atoms with Crippen LogP contribution < -0.4 is 10.6 Å². The van der Waals surface area contributed by atoms with Gasteiger partial charge in [-0.15, -0.1) is 0 Å². The van der Waals surface area contributed by atoms with E-state index in [9.17, 15) is 9.59 Å². The lowest BCUT2D eigenvalue weighted by atomic mass is 9.86. The Morgan fingerprint density at radius 3 is 2.61 bits per heavy atom. The number of carbonyl (C=O) groups excluding carboxylic acids is 1. The van der Waals surface area contributed by atoms with E-state index in [1.165, 1.54) is 0 Å². The molecule has 0 bridgehead atoms. The van der Waals surface area contributed by atoms with Crippen molar-refractivity contribution in [3.63, 3.8) is 0 Å². The first-order valence-electron chi connectivity index (χ1n) is 6.14. The molecule has 1 amide bonds. The van der Waals surface area contributed by atoms with Gasteiger partial charge >= 0.3 is 5.97 Å². The Morgan fingerprint density at radius 1 is 1.50 bits per heavy atom. The van der Waals surface area contributed by atoms with Crippen LogP contribution >= 0.6 is 0 Å². The Labute approximate surface area is 107 Å². The van der Waals surface area contributed by atoms with E-state index in [1.54, 1.807) is 20.8 Å². The van der Waals surface area contributed by atoms with Gasteiger partial charge in [0.15, 0.2) is 0 Å². The molecule has 6 nitrogen and oxygen atoms in total. The molecule has 18 heavy (non-hydrogen) atoms. The monoisotopic (exact) mass is 258 g/mol. The lowest BCUT2D eigenvalue weighted by molar-refractivity contribution is -0.145. The molecule has 1 fully saturated rings. The van der Waals surface area contributed by atoms with Gasteiger partial charge in [-0.25, -0.2) is 4.79 Å². The highest BCUT2D eigenvalue weighted by Gasteiger charge is 2.33. The van der Waals surface area contributed by atoms with E-state index in [2.05, 4.69) is 10.6 Å². The first kappa shape index (κ1) is 14.9. The zero-order valence-electron chi connectivity index (χ0n) is 11.2. The molecule has 0 aromatic carbocycles. The maximum atomic E-state index is 11.8. The van der Waals surface area contributed by atoms with Crippen LogP contribution in [-0.4, -0.2) is 48.8 Å². The Balaban J connectivity index is 2.48. The van der Waals surface area contributed by atoms with Gasteiger partial charge in [0.25, 0.3) is 0 Å². The molecule has 1 aliphatic heterocycles. The number of ether oxygens (including phenoxy) is 1. The summed E-state index contributed by atoms with van der Waals surface area (Å²) in [6.45, 7) is 7.22. The van der Waals surface area contributed by atoms with Crippen LogP contribution in [0.25, 0.3) is 0 Å². The lowest BCUT2D eigenvalue weighted by Crippen LogP contribution is -2.51. The van der Waals surface area contributed by atoms with Crippen molar-refractivity contribution in [3.05, 3.63) is 0 Å². The molecular weight excluding hydrogens is 236 g/mol. The van der Waals surface area contributed by atoms with Gasteiger partial charge in [0.1, 0.15) is 6.04 Å². The molecule has 0 radical (unpaired) electrons. The Bertz CT molecular complexity index is 306. The van der Waals surface area contributed by atoms with Crippen LogP contribution in [0.3, 0.4) is 0 Å². The number of rotatable bonds is 4. The van der Waals surface area contributed by atoms with Gasteiger partial charge in [-0.05, 0) is 5.41 Å². The van der Waals surface area contributed by atoms with Crippen LogP contribution in [0.4, 0.5) is 0 Å². The summed E-state index contributed by atoms with van der Waals surface area (Å²) in [5.74, 6) is -1.27. The maximum absolute atomic E-state index is 11.8. The van der Waals surface area contributed by atoms with Crippen molar-refractivity contribution in [2.45, 2.75) is 39.3 Å². The molecule has 0 aromatic rings. The number of hydrogen-bond donors (Lipinski definition) is 3. The molecule has 0 aromatic heterocycles. The second-order valence-electron chi connectivity index (χ2n) is 5.63. The third kappa shape index (κ3) is 4.62. The molecule has 2 atom stereocenters. The van der Waals surface area contributed by atoms with Crippen molar-refractivity contribution >= 4 is 11.9 Å². The predicted octanol–water partition coefficient (Wildman–Crippen LogP) is -0.0196. The van der Waals surface area contributed by atoms with E-state index >= 15 is 0 Å². The van der Waals surface area contributed by atoms with Gasteiger partial charge in [0, 0.05) is 19.0 Å². The SMILES string of the molecule is CC(C)(C)[C@@H](NC(=O)CC1COCCN1)C(=O)O. The number of aliphatic carboxylic acids is 1. The molecule has 0 saturated carbocycles. The van der Waals surface area contributed by atoms with Gasteiger partial charge in [-0.2, -0.15) is 0 Å². The summed E-state index contributed by atoms with van der Waals surface area (Å²) in [4.78, 5) is 22.9. The second-order valence-corrected chi connectivity index (χ2v) is 5.63. The third-order valence-electron chi connectivity index (χ3n) is 2.85. The summed E-state index contributed by atoms with van der Waals surface area (Å²) in [5.41, 5.74) is -0.516. The fraction of sp³-hybridized carbons (Fsp3) is 0.833. The van der Waals surface area contributed by atoms with Gasteiger partial charge in [0.05, 0.1) is 13.2 Å². The van der Waals surface area contributed by atoms with Crippen molar-refractivity contribution in [3.8, 4) is 0 Å². The highest BCUT2D eigenvalue weighted by atomic mass is 16.5. The van der Waals surface area contributed by atoms with Gasteiger partial charge in [0.2, 0.25) is 5.91 Å². The smallest absolute Gasteiger partial charge is 0.326 e. The van der Waals surface area contributed by atoms with Crippen molar-refractivity contribution in [1.82, 2.24) is 10.6 Å². The van der Waals surface area contributed by atoms with E-state index in [-0.39, 0.29) is 18.4 Å². The summed E-state index contributed by atoms with van der Waals surface area (Å²) in [5, 5.41) is 14.8. The fourth-order valence-corrected chi connectivity index (χ4v) is 1.84. The number of carbonyl (C=O) groups is 2. The second kappa shape index (κ2) is 6.15. The third-order valence-corrected chi connectivity index (χ3v) is 2.85. The molecular formula is C12H22N2O4. The normalized spacial score (nSPS) is 22.3. The van der Waals surface area contributed by atoms with Crippen LogP contribution in [0.15, 0.2) is 0 Å². The highest BCUT2D eigenvalue weighted by molar-refractivity contribution is 5.84. The topological polar surface area (TPSA) is 87.7 Å². The first-order chi connectivity index (χ1) is 8.30. The largest absolute Gasteiger partial charge is 0.480 e. The maximum Gasteiger partial charge on any atom is 0.326 e. The quantitative estimate of drug-likeness (QED) is 0.659. The fourth-order valence-electron chi connectivity index (χ4n) is 1.84. The highest BCUT2D eigenvalue weighted by Crippen LogP contribution is 2.19. The number of morpholine rings is 1. The van der Waals surface area contributed by atoms with Gasteiger partial charge < -0.3 is 20.5 Å². The molecule has 3 N–H and O–H groups in total. The average Bonchev–Trinajstić information content (AvgIpc) is 2.25. The zero-order chi connectivity index (χ0) is 13.8. The minimum absolute atomic E-state index is 0.0341. The summed E-state index contributed by atoms with van der Waals surface area (Å²) in [6.07, 6.45) is 0.236. The standard InChI is InChI=1S/C12H22N2O4/c1-12(2,3)10(11(16)17)14-9(15)6-8-7-18-5-4-13-8/h8,10,13H,4-7H2,1-3H3,(H,14,15)(H,16,17)/t8?,10-/m0/s1. The molecule has 1 aliphatic rings. The summed E-state index contributed by atoms with van der Waals surface area (Å²) in [7, 11) is 0. The summed E-state index contributed by atoms with van der Waals surface area (Å²) >= 11 is 0. The van der Waals surface area contributed by atoms with Gasteiger partial charge in [-0.3, -0.25) is 4.79 Å². The van der Waals surface area contributed by atoms with Crippen molar-refractivity contribution < 1.29 is 19.4 Å². The zero-order valence-corrected chi connectivity index (χ0v) is 11.2.